The molecule has 0 spiro atoms. The Hall–Kier alpha value is -1.70. The molecule has 1 fully saturated rings. The van der Waals surface area contributed by atoms with Gasteiger partial charge in [0.2, 0.25) is 10.0 Å². The van der Waals surface area contributed by atoms with Gasteiger partial charge in [0.1, 0.15) is 5.75 Å². The number of benzene rings is 2. The molecule has 4 nitrogen and oxygen atoms in total. The van der Waals surface area contributed by atoms with E-state index in [2.05, 4.69) is 4.74 Å². The first-order valence-corrected chi connectivity index (χ1v) is 9.50. The third-order valence-electron chi connectivity index (χ3n) is 3.86. The molecule has 3 rings (SSSR count). The van der Waals surface area contributed by atoms with Crippen molar-refractivity contribution in [1.82, 2.24) is 4.31 Å². The fraction of sp³-hybridized carbons (Fsp3) is 0.294. The lowest BCUT2D eigenvalue weighted by atomic mass is 10.2. The van der Waals surface area contributed by atoms with Gasteiger partial charge < -0.3 is 4.74 Å². The molecule has 0 bridgehead atoms. The number of halogens is 3. The first-order chi connectivity index (χ1) is 11.9. The van der Waals surface area contributed by atoms with Crippen LogP contribution in [0.3, 0.4) is 0 Å². The van der Waals surface area contributed by atoms with Gasteiger partial charge in [-0.25, -0.2) is 8.42 Å². The van der Waals surface area contributed by atoms with E-state index in [0.29, 0.717) is 0 Å². The molecular formula is C17H16ClF2NO3S. The maximum atomic E-state index is 13.0. The largest absolute Gasteiger partial charge is 0.433 e. The third-order valence-corrected chi connectivity index (χ3v) is 6.05. The first-order valence-electron chi connectivity index (χ1n) is 7.68. The molecule has 0 unspecified atom stereocenters. The van der Waals surface area contributed by atoms with Crippen LogP contribution >= 0.6 is 11.6 Å². The van der Waals surface area contributed by atoms with E-state index in [1.165, 1.54) is 10.4 Å². The van der Waals surface area contributed by atoms with Crippen LogP contribution in [0.25, 0.3) is 0 Å². The molecule has 1 saturated carbocycles. The molecule has 1 aliphatic carbocycles. The van der Waals surface area contributed by atoms with Crippen LogP contribution in [0.5, 0.6) is 5.75 Å². The Morgan fingerprint density at radius 3 is 2.40 bits per heavy atom. The van der Waals surface area contributed by atoms with E-state index in [9.17, 15) is 17.2 Å². The number of sulfonamides is 1. The number of nitrogens with zero attached hydrogens (tertiary/aromatic N) is 1. The second-order valence-electron chi connectivity index (χ2n) is 5.74. The minimum Gasteiger partial charge on any atom is -0.433 e. The van der Waals surface area contributed by atoms with Gasteiger partial charge in [0, 0.05) is 12.6 Å². The van der Waals surface area contributed by atoms with Crippen LogP contribution in [-0.2, 0) is 16.6 Å². The maximum absolute atomic E-state index is 13.0. The number of rotatable bonds is 7. The Labute approximate surface area is 150 Å². The highest BCUT2D eigenvalue weighted by atomic mass is 35.5. The monoisotopic (exact) mass is 387 g/mol. The van der Waals surface area contributed by atoms with Gasteiger partial charge in [-0.15, -0.1) is 0 Å². The van der Waals surface area contributed by atoms with Crippen molar-refractivity contribution < 1.29 is 21.9 Å². The van der Waals surface area contributed by atoms with Crippen LogP contribution in [0.1, 0.15) is 18.4 Å². The van der Waals surface area contributed by atoms with Gasteiger partial charge in [0.15, 0.2) is 0 Å². The zero-order valence-corrected chi connectivity index (χ0v) is 14.7. The fourth-order valence-corrected chi connectivity index (χ4v) is 4.49. The molecule has 8 heteroatoms. The summed E-state index contributed by atoms with van der Waals surface area (Å²) < 4.78 is 56.3. The Morgan fingerprint density at radius 1 is 1.16 bits per heavy atom. The molecule has 0 N–H and O–H groups in total. The lowest BCUT2D eigenvalue weighted by molar-refractivity contribution is -0.0498. The molecule has 0 aliphatic heterocycles. The minimum absolute atomic E-state index is 0.0399. The van der Waals surface area contributed by atoms with Crippen molar-refractivity contribution in [1.29, 1.82) is 0 Å². The van der Waals surface area contributed by atoms with Gasteiger partial charge in [-0.1, -0.05) is 41.9 Å². The van der Waals surface area contributed by atoms with Crippen molar-refractivity contribution in [2.45, 2.75) is 36.9 Å². The van der Waals surface area contributed by atoms with E-state index in [1.54, 1.807) is 0 Å². The highest BCUT2D eigenvalue weighted by molar-refractivity contribution is 7.89. The van der Waals surface area contributed by atoms with Crippen LogP contribution < -0.4 is 4.74 Å². The topological polar surface area (TPSA) is 46.6 Å². The fourth-order valence-electron chi connectivity index (χ4n) is 2.51. The summed E-state index contributed by atoms with van der Waals surface area (Å²) in [5, 5.41) is -0.170. The highest BCUT2D eigenvalue weighted by Gasteiger charge is 2.38. The number of ether oxygens (including phenoxy) is 1. The van der Waals surface area contributed by atoms with E-state index in [0.717, 1.165) is 30.5 Å². The normalized spacial score (nSPS) is 14.9. The van der Waals surface area contributed by atoms with E-state index in [1.807, 2.05) is 30.3 Å². The van der Waals surface area contributed by atoms with E-state index < -0.39 is 16.6 Å². The van der Waals surface area contributed by atoms with Gasteiger partial charge in [0.25, 0.3) is 0 Å². The van der Waals surface area contributed by atoms with E-state index in [4.69, 9.17) is 11.6 Å². The molecule has 0 heterocycles. The summed E-state index contributed by atoms with van der Waals surface area (Å²) in [5.74, 6) is -0.253. The van der Waals surface area contributed by atoms with Gasteiger partial charge in [0.05, 0.1) is 9.92 Å². The van der Waals surface area contributed by atoms with Crippen LogP contribution in [-0.4, -0.2) is 25.4 Å². The van der Waals surface area contributed by atoms with Crippen molar-refractivity contribution in [3.05, 3.63) is 59.1 Å². The molecule has 0 amide bonds. The average Bonchev–Trinajstić information content (AvgIpc) is 3.39. The molecule has 25 heavy (non-hydrogen) atoms. The van der Waals surface area contributed by atoms with Crippen LogP contribution in [0.2, 0.25) is 5.02 Å². The lowest BCUT2D eigenvalue weighted by Crippen LogP contribution is -2.32. The second kappa shape index (κ2) is 7.27. The molecule has 0 aromatic heterocycles. The van der Waals surface area contributed by atoms with Crippen molar-refractivity contribution in [3.8, 4) is 5.75 Å². The number of hydrogen-bond donors (Lipinski definition) is 0. The smallest absolute Gasteiger partial charge is 0.387 e. The zero-order chi connectivity index (χ0) is 18.0. The van der Waals surface area contributed by atoms with Gasteiger partial charge >= 0.3 is 6.61 Å². The van der Waals surface area contributed by atoms with Crippen LogP contribution in [0, 0.1) is 0 Å². The molecular weight excluding hydrogens is 372 g/mol. The molecule has 2 aromatic rings. The number of alkyl halides is 2. The molecule has 0 saturated heterocycles. The summed E-state index contributed by atoms with van der Waals surface area (Å²) in [6.45, 7) is -2.78. The Bertz CT molecular complexity index is 842. The standard InChI is InChI=1S/C17H16ClF2NO3S/c18-15-10-14(8-9-16(15)24-17(19)20)25(22,23)21(13-6-7-13)11-12-4-2-1-3-5-12/h1-5,8-10,13,17H,6-7,11H2. The molecule has 134 valence electrons. The van der Waals surface area contributed by atoms with Gasteiger partial charge in [-0.2, -0.15) is 13.1 Å². The summed E-state index contributed by atoms with van der Waals surface area (Å²) in [4.78, 5) is -0.0399. The summed E-state index contributed by atoms with van der Waals surface area (Å²) in [5.41, 5.74) is 0.877. The summed E-state index contributed by atoms with van der Waals surface area (Å²) >= 11 is 5.90. The van der Waals surface area contributed by atoms with Crippen molar-refractivity contribution in [3.63, 3.8) is 0 Å². The summed E-state index contributed by atoms with van der Waals surface area (Å²) in [6, 6.07) is 12.8. The minimum atomic E-state index is -3.80. The SMILES string of the molecule is O=S(=O)(c1ccc(OC(F)F)c(Cl)c1)N(Cc1ccccc1)C1CC1. The van der Waals surface area contributed by atoms with Crippen molar-refractivity contribution in [2.75, 3.05) is 0 Å². The molecule has 1 aliphatic rings. The van der Waals surface area contributed by atoms with Gasteiger partial charge in [-0.05, 0) is 36.6 Å². The maximum Gasteiger partial charge on any atom is 0.387 e. The predicted molar refractivity (Wildman–Crippen MR) is 90.3 cm³/mol. The van der Waals surface area contributed by atoms with E-state index >= 15 is 0 Å². The van der Waals surface area contributed by atoms with Gasteiger partial charge in [-0.3, -0.25) is 0 Å². The number of hydrogen-bond acceptors (Lipinski definition) is 3. The van der Waals surface area contributed by atoms with Crippen LogP contribution in [0.4, 0.5) is 8.78 Å². The molecule has 0 radical (unpaired) electrons. The Morgan fingerprint density at radius 2 is 1.84 bits per heavy atom. The summed E-state index contributed by atoms with van der Waals surface area (Å²) in [7, 11) is -3.80. The van der Waals surface area contributed by atoms with E-state index in [-0.39, 0.29) is 28.3 Å². The lowest BCUT2D eigenvalue weighted by Gasteiger charge is -2.22. The Kier molecular flexibility index (Phi) is 5.27. The Balaban J connectivity index is 1.89. The quantitative estimate of drug-likeness (QED) is 0.711. The predicted octanol–water partition coefficient (Wildman–Crippen LogP) is 4.29. The van der Waals surface area contributed by atoms with Crippen molar-refractivity contribution in [2.24, 2.45) is 0 Å². The molecule has 0 atom stereocenters. The second-order valence-corrected chi connectivity index (χ2v) is 8.04. The zero-order valence-electron chi connectivity index (χ0n) is 13.1. The van der Waals surface area contributed by atoms with Crippen molar-refractivity contribution >= 4 is 21.6 Å². The average molecular weight is 388 g/mol. The molecule has 2 aromatic carbocycles. The van der Waals surface area contributed by atoms with Crippen LogP contribution in [0.15, 0.2) is 53.4 Å². The third kappa shape index (κ3) is 4.29. The highest BCUT2D eigenvalue weighted by Crippen LogP contribution is 2.35. The first kappa shape index (κ1) is 18.1. The summed E-state index contributed by atoms with van der Waals surface area (Å²) in [6.07, 6.45) is 1.60.